The lowest BCUT2D eigenvalue weighted by Crippen LogP contribution is -2.17. The van der Waals surface area contributed by atoms with Crippen LogP contribution in [0.25, 0.3) is 0 Å². The van der Waals surface area contributed by atoms with Gasteiger partial charge >= 0.3 is 11.9 Å². The second kappa shape index (κ2) is 8.01. The number of esters is 2. The lowest BCUT2D eigenvalue weighted by atomic mass is 10.0. The molecular formula is C17H25NO4. The number of aryl methyl sites for hydroxylation is 1. The number of hydrogen-bond acceptors (Lipinski definition) is 4. The van der Waals surface area contributed by atoms with E-state index in [0.29, 0.717) is 25.2 Å². The molecule has 2 rings (SSSR count). The van der Waals surface area contributed by atoms with Crippen molar-refractivity contribution in [3.05, 3.63) is 23.5 Å². The molecule has 1 unspecified atom stereocenters. The molecule has 22 heavy (non-hydrogen) atoms. The smallest absolute Gasteiger partial charge is 0.339 e. The third kappa shape index (κ3) is 3.70. The standard InChI is InChI=1S/C17H25NO4/c1-3-5-11-21-16(19)13-7-9-18-10-8-14(15(13)18)17(20)22-12-6-4-2/h7,9,14H,3-6,8,10-12H2,1-2H3. The van der Waals surface area contributed by atoms with Gasteiger partial charge in [0.05, 0.1) is 24.7 Å². The third-order valence-electron chi connectivity index (χ3n) is 3.97. The van der Waals surface area contributed by atoms with Crippen molar-refractivity contribution in [2.45, 2.75) is 58.4 Å². The summed E-state index contributed by atoms with van der Waals surface area (Å²) in [6, 6.07) is 1.75. The van der Waals surface area contributed by atoms with Gasteiger partial charge in [-0.25, -0.2) is 4.79 Å². The van der Waals surface area contributed by atoms with E-state index in [4.69, 9.17) is 9.47 Å². The molecule has 0 aromatic carbocycles. The van der Waals surface area contributed by atoms with Gasteiger partial charge in [-0.15, -0.1) is 0 Å². The third-order valence-corrected chi connectivity index (χ3v) is 3.97. The molecule has 0 bridgehead atoms. The van der Waals surface area contributed by atoms with E-state index in [9.17, 15) is 9.59 Å². The van der Waals surface area contributed by atoms with E-state index >= 15 is 0 Å². The SMILES string of the molecule is CCCCOC(=O)c1ccn2c1C(C(=O)OCCCC)CC2. The fourth-order valence-electron chi connectivity index (χ4n) is 2.68. The highest BCUT2D eigenvalue weighted by Crippen LogP contribution is 2.33. The van der Waals surface area contributed by atoms with Crippen LogP contribution in [0.15, 0.2) is 12.3 Å². The van der Waals surface area contributed by atoms with Crippen molar-refractivity contribution in [1.29, 1.82) is 0 Å². The Bertz CT molecular complexity index is 521. The van der Waals surface area contributed by atoms with E-state index in [1.165, 1.54) is 0 Å². The average Bonchev–Trinajstić information content (AvgIpc) is 3.08. The molecule has 0 saturated carbocycles. The van der Waals surface area contributed by atoms with Crippen LogP contribution in [0.2, 0.25) is 0 Å². The number of aromatic nitrogens is 1. The number of unbranched alkanes of at least 4 members (excludes halogenated alkanes) is 2. The first kappa shape index (κ1) is 16.6. The molecule has 1 atom stereocenters. The van der Waals surface area contributed by atoms with Crippen molar-refractivity contribution in [2.75, 3.05) is 13.2 Å². The largest absolute Gasteiger partial charge is 0.465 e. The van der Waals surface area contributed by atoms with Gasteiger partial charge in [0.15, 0.2) is 0 Å². The Morgan fingerprint density at radius 3 is 2.55 bits per heavy atom. The zero-order valence-electron chi connectivity index (χ0n) is 13.5. The van der Waals surface area contributed by atoms with Gasteiger partial charge in [0.25, 0.3) is 0 Å². The topological polar surface area (TPSA) is 57.5 Å². The predicted molar refractivity (Wildman–Crippen MR) is 82.8 cm³/mol. The first-order valence-electron chi connectivity index (χ1n) is 8.21. The number of carbonyl (C=O) groups excluding carboxylic acids is 2. The Balaban J connectivity index is 2.04. The van der Waals surface area contributed by atoms with Crippen LogP contribution >= 0.6 is 0 Å². The van der Waals surface area contributed by atoms with Crippen LogP contribution in [0.5, 0.6) is 0 Å². The Labute approximate surface area is 131 Å². The van der Waals surface area contributed by atoms with Gasteiger partial charge in [0.1, 0.15) is 0 Å². The molecule has 0 aliphatic carbocycles. The van der Waals surface area contributed by atoms with E-state index in [1.54, 1.807) is 6.07 Å². The van der Waals surface area contributed by atoms with E-state index in [-0.39, 0.29) is 17.9 Å². The number of fused-ring (bicyclic) bond motifs is 1. The molecule has 0 spiro atoms. The Morgan fingerprint density at radius 1 is 1.18 bits per heavy atom. The minimum atomic E-state index is -0.347. The van der Waals surface area contributed by atoms with Crippen molar-refractivity contribution in [3.8, 4) is 0 Å². The average molecular weight is 307 g/mol. The molecular weight excluding hydrogens is 282 g/mol. The molecule has 0 N–H and O–H groups in total. The summed E-state index contributed by atoms with van der Waals surface area (Å²) in [6.07, 6.45) is 6.23. The van der Waals surface area contributed by atoms with E-state index in [1.807, 2.05) is 17.7 Å². The minimum absolute atomic E-state index is 0.228. The molecule has 2 heterocycles. The van der Waals surface area contributed by atoms with Crippen LogP contribution in [0, 0.1) is 0 Å². The summed E-state index contributed by atoms with van der Waals surface area (Å²) in [7, 11) is 0. The fraction of sp³-hybridized carbons (Fsp3) is 0.647. The normalized spacial score (nSPS) is 16.4. The van der Waals surface area contributed by atoms with Crippen LogP contribution in [0.3, 0.4) is 0 Å². The predicted octanol–water partition coefficient (Wildman–Crippen LogP) is 3.28. The van der Waals surface area contributed by atoms with Crippen molar-refractivity contribution in [1.82, 2.24) is 4.57 Å². The molecule has 0 fully saturated rings. The van der Waals surface area contributed by atoms with Crippen molar-refractivity contribution in [2.24, 2.45) is 0 Å². The summed E-state index contributed by atoms with van der Waals surface area (Å²) in [5.41, 5.74) is 1.26. The van der Waals surface area contributed by atoms with Gasteiger partial charge < -0.3 is 14.0 Å². The van der Waals surface area contributed by atoms with Gasteiger partial charge in [-0.05, 0) is 25.3 Å². The van der Waals surface area contributed by atoms with Gasteiger partial charge in [-0.3, -0.25) is 4.79 Å². The minimum Gasteiger partial charge on any atom is -0.465 e. The molecule has 122 valence electrons. The molecule has 0 saturated heterocycles. The van der Waals surface area contributed by atoms with Crippen LogP contribution in [0.4, 0.5) is 0 Å². The zero-order valence-corrected chi connectivity index (χ0v) is 13.5. The summed E-state index contributed by atoms with van der Waals surface area (Å²) in [6.45, 7) is 5.71. The molecule has 1 aromatic heterocycles. The first-order valence-corrected chi connectivity index (χ1v) is 8.21. The van der Waals surface area contributed by atoms with Crippen LogP contribution < -0.4 is 0 Å². The zero-order chi connectivity index (χ0) is 15.9. The maximum Gasteiger partial charge on any atom is 0.339 e. The molecule has 0 amide bonds. The summed E-state index contributed by atoms with van der Waals surface area (Å²) < 4.78 is 12.6. The molecule has 1 aliphatic rings. The summed E-state index contributed by atoms with van der Waals surface area (Å²) >= 11 is 0. The summed E-state index contributed by atoms with van der Waals surface area (Å²) in [4.78, 5) is 24.4. The monoisotopic (exact) mass is 307 g/mol. The highest BCUT2D eigenvalue weighted by molar-refractivity contribution is 5.93. The van der Waals surface area contributed by atoms with E-state index < -0.39 is 0 Å². The first-order chi connectivity index (χ1) is 10.7. The van der Waals surface area contributed by atoms with Crippen LogP contribution in [-0.4, -0.2) is 29.7 Å². The maximum atomic E-state index is 12.2. The van der Waals surface area contributed by atoms with Crippen molar-refractivity contribution >= 4 is 11.9 Å². The molecule has 0 radical (unpaired) electrons. The number of carbonyl (C=O) groups is 2. The second-order valence-electron chi connectivity index (χ2n) is 5.66. The highest BCUT2D eigenvalue weighted by atomic mass is 16.5. The summed E-state index contributed by atoms with van der Waals surface area (Å²) in [5.74, 6) is -0.912. The highest BCUT2D eigenvalue weighted by Gasteiger charge is 2.34. The number of nitrogens with zero attached hydrogens (tertiary/aromatic N) is 1. The van der Waals surface area contributed by atoms with Gasteiger partial charge in [0.2, 0.25) is 0 Å². The lowest BCUT2D eigenvalue weighted by molar-refractivity contribution is -0.145. The number of ether oxygens (including phenoxy) is 2. The maximum absolute atomic E-state index is 12.2. The Hall–Kier alpha value is -1.78. The van der Waals surface area contributed by atoms with Crippen LogP contribution in [0.1, 0.15) is 67.9 Å². The van der Waals surface area contributed by atoms with Crippen molar-refractivity contribution < 1.29 is 19.1 Å². The van der Waals surface area contributed by atoms with Gasteiger partial charge in [-0.2, -0.15) is 0 Å². The van der Waals surface area contributed by atoms with Gasteiger partial charge in [0, 0.05) is 18.4 Å². The fourth-order valence-corrected chi connectivity index (χ4v) is 2.68. The summed E-state index contributed by atoms with van der Waals surface area (Å²) in [5, 5.41) is 0. The van der Waals surface area contributed by atoms with Crippen LogP contribution in [-0.2, 0) is 20.8 Å². The molecule has 5 heteroatoms. The second-order valence-corrected chi connectivity index (χ2v) is 5.66. The van der Waals surface area contributed by atoms with Gasteiger partial charge in [-0.1, -0.05) is 26.7 Å². The lowest BCUT2D eigenvalue weighted by Gasteiger charge is -2.12. The van der Waals surface area contributed by atoms with E-state index in [2.05, 4.69) is 6.92 Å². The number of rotatable bonds is 8. The molecule has 1 aliphatic heterocycles. The molecule has 1 aromatic rings. The number of hydrogen-bond donors (Lipinski definition) is 0. The Kier molecular flexibility index (Phi) is 6.04. The Morgan fingerprint density at radius 2 is 1.86 bits per heavy atom. The van der Waals surface area contributed by atoms with E-state index in [0.717, 1.165) is 37.9 Å². The quantitative estimate of drug-likeness (QED) is 0.546. The van der Waals surface area contributed by atoms with Crippen molar-refractivity contribution in [3.63, 3.8) is 0 Å². The molecule has 5 nitrogen and oxygen atoms in total.